The van der Waals surface area contributed by atoms with Gasteiger partial charge in [-0.25, -0.2) is 0 Å². The van der Waals surface area contributed by atoms with Crippen LogP contribution in [0.25, 0.3) is 10.8 Å². The van der Waals surface area contributed by atoms with E-state index in [4.69, 9.17) is 0 Å². The van der Waals surface area contributed by atoms with Crippen molar-refractivity contribution >= 4 is 16.7 Å². The lowest BCUT2D eigenvalue weighted by Crippen LogP contribution is -2.35. The predicted molar refractivity (Wildman–Crippen MR) is 125 cm³/mol. The molecule has 0 heterocycles. The van der Waals surface area contributed by atoms with Gasteiger partial charge in [0.2, 0.25) is 0 Å². The fraction of sp³-hybridized carbons (Fsp3) is 0.370. The molecule has 4 rings (SSSR count). The first-order chi connectivity index (χ1) is 14.7. The Morgan fingerprint density at radius 1 is 1.00 bits per heavy atom. The van der Waals surface area contributed by atoms with Crippen LogP contribution in [0.5, 0.6) is 0 Å². The number of carbonyl (C=O) groups excluding carboxylic acids is 1. The molecule has 3 atom stereocenters. The van der Waals surface area contributed by atoms with E-state index in [2.05, 4.69) is 72.2 Å². The van der Waals surface area contributed by atoms with Crippen molar-refractivity contribution in [2.45, 2.75) is 57.5 Å². The lowest BCUT2D eigenvalue weighted by molar-refractivity contribution is 0.0956. The molecule has 2 N–H and O–H groups in total. The van der Waals surface area contributed by atoms with Crippen LogP contribution in [0.1, 0.15) is 73.0 Å². The average Bonchev–Trinajstić information content (AvgIpc) is 2.79. The highest BCUT2D eigenvalue weighted by atomic mass is 16.1. The van der Waals surface area contributed by atoms with Gasteiger partial charge in [0, 0.05) is 24.2 Å². The van der Waals surface area contributed by atoms with Crippen molar-refractivity contribution in [3.63, 3.8) is 0 Å². The standard InChI is InChI=1S/C27H32N2O/c1-3-28-27(30)22-16-14-20(15-17-22)23-10-6-11-24(18-23)29-19(2)25-13-7-9-21-8-4-5-12-26(21)25/h4-5,7-9,12-17,19,23-24,29H,3,6,10-11,18H2,1-2H3,(H,28,30)/t19-,23?,24?/m1/s1. The SMILES string of the molecule is CCNC(=O)c1ccc(C2CCCC(N[C@H](C)c3cccc4ccccc34)C2)cc1. The highest BCUT2D eigenvalue weighted by Gasteiger charge is 2.25. The van der Waals surface area contributed by atoms with Gasteiger partial charge >= 0.3 is 0 Å². The Bertz CT molecular complexity index is 990. The van der Waals surface area contributed by atoms with Gasteiger partial charge in [-0.1, -0.05) is 61.0 Å². The average molecular weight is 401 g/mol. The molecule has 156 valence electrons. The van der Waals surface area contributed by atoms with Gasteiger partial charge in [0.05, 0.1) is 0 Å². The first-order valence-corrected chi connectivity index (χ1v) is 11.3. The molecule has 1 aliphatic rings. The van der Waals surface area contributed by atoms with Crippen LogP contribution < -0.4 is 10.6 Å². The van der Waals surface area contributed by atoms with Gasteiger partial charge in [0.1, 0.15) is 0 Å². The molecule has 3 nitrogen and oxygen atoms in total. The number of nitrogens with one attached hydrogen (secondary N) is 2. The van der Waals surface area contributed by atoms with Crippen LogP contribution in [0.15, 0.2) is 66.7 Å². The van der Waals surface area contributed by atoms with Crippen molar-refractivity contribution in [3.8, 4) is 0 Å². The normalized spacial score (nSPS) is 20.1. The maximum absolute atomic E-state index is 12.0. The molecule has 0 radical (unpaired) electrons. The van der Waals surface area contributed by atoms with Crippen LogP contribution in [0.2, 0.25) is 0 Å². The van der Waals surface area contributed by atoms with Crippen LogP contribution in [0.3, 0.4) is 0 Å². The molecule has 1 saturated carbocycles. The van der Waals surface area contributed by atoms with E-state index in [9.17, 15) is 4.79 Å². The molecular formula is C27H32N2O. The zero-order valence-electron chi connectivity index (χ0n) is 18.0. The smallest absolute Gasteiger partial charge is 0.251 e. The summed E-state index contributed by atoms with van der Waals surface area (Å²) in [6.45, 7) is 4.89. The number of fused-ring (bicyclic) bond motifs is 1. The minimum absolute atomic E-state index is 0.0103. The summed E-state index contributed by atoms with van der Waals surface area (Å²) in [5.74, 6) is 0.565. The minimum Gasteiger partial charge on any atom is -0.352 e. The third-order valence-corrected chi connectivity index (χ3v) is 6.43. The largest absolute Gasteiger partial charge is 0.352 e. The number of carbonyl (C=O) groups is 1. The summed E-state index contributed by atoms with van der Waals surface area (Å²) < 4.78 is 0. The van der Waals surface area contributed by atoms with Gasteiger partial charge in [0.25, 0.3) is 5.91 Å². The number of hydrogen-bond donors (Lipinski definition) is 2. The summed E-state index contributed by atoms with van der Waals surface area (Å²) in [6, 6.07) is 24.3. The topological polar surface area (TPSA) is 41.1 Å². The van der Waals surface area contributed by atoms with Gasteiger partial charge < -0.3 is 10.6 Å². The van der Waals surface area contributed by atoms with E-state index in [0.29, 0.717) is 24.5 Å². The Morgan fingerprint density at radius 2 is 1.77 bits per heavy atom. The molecule has 0 aromatic heterocycles. The van der Waals surface area contributed by atoms with E-state index >= 15 is 0 Å². The summed E-state index contributed by atoms with van der Waals surface area (Å²) >= 11 is 0. The van der Waals surface area contributed by atoms with E-state index in [-0.39, 0.29) is 5.91 Å². The molecule has 0 aliphatic heterocycles. The maximum Gasteiger partial charge on any atom is 0.251 e. The molecule has 0 bridgehead atoms. The molecule has 0 spiro atoms. The fourth-order valence-electron chi connectivity index (χ4n) is 4.88. The Morgan fingerprint density at radius 3 is 2.57 bits per heavy atom. The first kappa shape index (κ1) is 20.6. The summed E-state index contributed by atoms with van der Waals surface area (Å²) in [5, 5.41) is 9.42. The summed E-state index contributed by atoms with van der Waals surface area (Å²) in [6.07, 6.45) is 4.84. The third kappa shape index (κ3) is 4.57. The molecule has 1 aliphatic carbocycles. The van der Waals surface area contributed by atoms with Crippen LogP contribution in [-0.2, 0) is 0 Å². The number of rotatable bonds is 6. The van der Waals surface area contributed by atoms with Crippen LogP contribution in [-0.4, -0.2) is 18.5 Å². The monoisotopic (exact) mass is 400 g/mol. The number of hydrogen-bond acceptors (Lipinski definition) is 2. The summed E-state index contributed by atoms with van der Waals surface area (Å²) in [4.78, 5) is 12.0. The molecule has 30 heavy (non-hydrogen) atoms. The highest BCUT2D eigenvalue weighted by Crippen LogP contribution is 2.34. The van der Waals surface area contributed by atoms with E-state index in [0.717, 1.165) is 12.0 Å². The second-order valence-corrected chi connectivity index (χ2v) is 8.50. The van der Waals surface area contributed by atoms with Crippen molar-refractivity contribution in [2.75, 3.05) is 6.54 Å². The number of amides is 1. The van der Waals surface area contributed by atoms with E-state index in [1.165, 1.54) is 41.2 Å². The first-order valence-electron chi connectivity index (χ1n) is 11.3. The molecule has 2 unspecified atom stereocenters. The van der Waals surface area contributed by atoms with Crippen molar-refractivity contribution in [1.82, 2.24) is 10.6 Å². The molecule has 0 saturated heterocycles. The van der Waals surface area contributed by atoms with Crippen LogP contribution in [0, 0.1) is 0 Å². The fourth-order valence-corrected chi connectivity index (χ4v) is 4.88. The van der Waals surface area contributed by atoms with Gasteiger partial charge in [-0.3, -0.25) is 4.79 Å². The van der Waals surface area contributed by atoms with Gasteiger partial charge in [-0.15, -0.1) is 0 Å². The van der Waals surface area contributed by atoms with Crippen molar-refractivity contribution < 1.29 is 4.79 Å². The quantitative estimate of drug-likeness (QED) is 0.535. The molecular weight excluding hydrogens is 368 g/mol. The van der Waals surface area contributed by atoms with Gasteiger partial charge in [-0.05, 0) is 73.1 Å². The van der Waals surface area contributed by atoms with Crippen molar-refractivity contribution in [2.24, 2.45) is 0 Å². The van der Waals surface area contributed by atoms with Crippen molar-refractivity contribution in [3.05, 3.63) is 83.4 Å². The Labute approximate surface area is 179 Å². The molecule has 1 amide bonds. The van der Waals surface area contributed by atoms with Gasteiger partial charge in [0.15, 0.2) is 0 Å². The third-order valence-electron chi connectivity index (χ3n) is 6.43. The predicted octanol–water partition coefficient (Wildman–Crippen LogP) is 5.97. The Hall–Kier alpha value is -2.65. The van der Waals surface area contributed by atoms with Crippen molar-refractivity contribution in [1.29, 1.82) is 0 Å². The highest BCUT2D eigenvalue weighted by molar-refractivity contribution is 5.94. The minimum atomic E-state index is 0.0103. The zero-order chi connectivity index (χ0) is 20.9. The Balaban J connectivity index is 1.43. The van der Waals surface area contributed by atoms with E-state index in [1.807, 2.05) is 19.1 Å². The molecule has 3 aromatic carbocycles. The zero-order valence-corrected chi connectivity index (χ0v) is 18.0. The van der Waals surface area contributed by atoms with E-state index < -0.39 is 0 Å². The van der Waals surface area contributed by atoms with E-state index in [1.54, 1.807) is 0 Å². The van der Waals surface area contributed by atoms with Gasteiger partial charge in [-0.2, -0.15) is 0 Å². The second-order valence-electron chi connectivity index (χ2n) is 8.50. The second kappa shape index (κ2) is 9.44. The lowest BCUT2D eigenvalue weighted by atomic mass is 9.80. The lowest BCUT2D eigenvalue weighted by Gasteiger charge is -2.32. The summed E-state index contributed by atoms with van der Waals surface area (Å²) in [5.41, 5.74) is 3.48. The maximum atomic E-state index is 12.0. The molecule has 1 fully saturated rings. The molecule has 3 heteroatoms. The van der Waals surface area contributed by atoms with Crippen LogP contribution >= 0.6 is 0 Å². The Kier molecular flexibility index (Phi) is 6.49. The number of benzene rings is 3. The summed E-state index contributed by atoms with van der Waals surface area (Å²) in [7, 11) is 0. The molecule has 3 aromatic rings. The van der Waals surface area contributed by atoms with Crippen LogP contribution in [0.4, 0.5) is 0 Å².